The topological polar surface area (TPSA) is 13.1 Å². The van der Waals surface area contributed by atoms with Crippen LogP contribution in [0.3, 0.4) is 0 Å². The summed E-state index contributed by atoms with van der Waals surface area (Å²) in [6.07, 6.45) is 0.892. The summed E-state index contributed by atoms with van der Waals surface area (Å²) >= 11 is 0. The Bertz CT molecular complexity index is 4000. The van der Waals surface area contributed by atoms with Gasteiger partial charge in [-0.05, 0) is 149 Å². The van der Waals surface area contributed by atoms with Crippen LogP contribution in [-0.2, 0) is 17.3 Å². The van der Waals surface area contributed by atoms with Gasteiger partial charge in [-0.25, -0.2) is 0 Å². The van der Waals surface area contributed by atoms with Crippen molar-refractivity contribution in [2.24, 2.45) is 0 Å². The monoisotopic (exact) mass is 920 g/mol. The highest BCUT2D eigenvalue weighted by Gasteiger charge is 2.48. The molecule has 0 saturated carbocycles. The summed E-state index contributed by atoms with van der Waals surface area (Å²) < 4.78 is 6.54. The van der Waals surface area contributed by atoms with E-state index in [-0.39, 0.29) is 17.3 Å². The van der Waals surface area contributed by atoms with Crippen molar-refractivity contribution < 1.29 is 4.42 Å². The third kappa shape index (κ3) is 6.20. The third-order valence-electron chi connectivity index (χ3n) is 16.8. The predicted octanol–water partition coefficient (Wildman–Crippen LogP) is 18.2. The molecule has 2 aliphatic carbocycles. The predicted molar refractivity (Wildman–Crippen MR) is 299 cm³/mol. The quantitative estimate of drug-likeness (QED) is 0.141. The van der Waals surface area contributed by atoms with Crippen LogP contribution in [-0.4, -0.2) is 0 Å². The highest BCUT2D eigenvalue weighted by molar-refractivity contribution is 6.11. The molecular formula is C71H52O. The number of hydrogen-bond donors (Lipinski definition) is 0. The summed E-state index contributed by atoms with van der Waals surface area (Å²) in [6, 6.07) is 95.5. The Kier molecular flexibility index (Phi) is 9.73. The van der Waals surface area contributed by atoms with Crippen LogP contribution in [0, 0.1) is 0 Å². The van der Waals surface area contributed by atoms with Gasteiger partial charge in [0.25, 0.3) is 0 Å². The van der Waals surface area contributed by atoms with Crippen LogP contribution in [0.5, 0.6) is 0 Å². The Hall–Kier alpha value is -8.52. The van der Waals surface area contributed by atoms with Crippen molar-refractivity contribution in [1.82, 2.24) is 0 Å². The van der Waals surface area contributed by atoms with Crippen LogP contribution in [0.4, 0.5) is 0 Å². The van der Waals surface area contributed by atoms with E-state index in [2.05, 4.69) is 269 Å². The van der Waals surface area contributed by atoms with Crippen molar-refractivity contribution in [3.05, 3.63) is 310 Å². The van der Waals surface area contributed by atoms with Gasteiger partial charge in [-0.3, -0.25) is 0 Å². The average molecular weight is 921 g/mol. The maximum atomic E-state index is 6.54. The summed E-state index contributed by atoms with van der Waals surface area (Å²) in [4.78, 5) is 0. The van der Waals surface area contributed by atoms with E-state index in [4.69, 9.17) is 4.42 Å². The van der Waals surface area contributed by atoms with Gasteiger partial charge in [0.15, 0.2) is 0 Å². The zero-order chi connectivity index (χ0) is 48.0. The van der Waals surface area contributed by atoms with Crippen LogP contribution >= 0.6 is 0 Å². The molecule has 0 amide bonds. The number of furan rings is 1. The number of para-hydroxylation sites is 1. The van der Waals surface area contributed by atoms with Crippen LogP contribution in [0.1, 0.15) is 81.3 Å². The molecule has 1 aromatic heterocycles. The van der Waals surface area contributed by atoms with Gasteiger partial charge in [0.1, 0.15) is 11.2 Å². The van der Waals surface area contributed by atoms with Crippen LogP contribution in [0.25, 0.3) is 66.1 Å². The first-order valence-corrected chi connectivity index (χ1v) is 25.6. The molecule has 0 spiro atoms. The second-order valence-electron chi connectivity index (χ2n) is 20.4. The zero-order valence-electron chi connectivity index (χ0n) is 40.5. The lowest BCUT2D eigenvalue weighted by molar-refractivity contribution is 0.574. The second-order valence-corrected chi connectivity index (χ2v) is 20.4. The normalized spacial score (nSPS) is 16.0. The molecule has 1 heterocycles. The van der Waals surface area contributed by atoms with Crippen LogP contribution in [0.15, 0.2) is 259 Å². The first-order valence-electron chi connectivity index (χ1n) is 25.6. The largest absolute Gasteiger partial charge is 0.456 e. The minimum atomic E-state index is -0.622. The molecular weight excluding hydrogens is 869 g/mol. The first-order chi connectivity index (χ1) is 35.5. The molecule has 3 atom stereocenters. The molecule has 12 aromatic rings. The molecule has 72 heavy (non-hydrogen) atoms. The van der Waals surface area contributed by atoms with E-state index in [9.17, 15) is 0 Å². The fourth-order valence-corrected chi connectivity index (χ4v) is 13.4. The number of rotatable bonds is 9. The summed E-state index contributed by atoms with van der Waals surface area (Å²) in [5.41, 5.74) is 21.8. The third-order valence-corrected chi connectivity index (χ3v) is 16.8. The Labute approximate surface area is 421 Å². The molecule has 1 nitrogen and oxygen atoms in total. The lowest BCUT2D eigenvalue weighted by Gasteiger charge is -2.35. The van der Waals surface area contributed by atoms with Crippen molar-refractivity contribution in [1.29, 1.82) is 0 Å². The second kappa shape index (κ2) is 16.5. The summed E-state index contributed by atoms with van der Waals surface area (Å²) in [7, 11) is 0. The highest BCUT2D eigenvalue weighted by Crippen LogP contribution is 2.61. The zero-order valence-corrected chi connectivity index (χ0v) is 40.5. The molecule has 0 N–H and O–H groups in total. The van der Waals surface area contributed by atoms with Crippen LogP contribution in [0.2, 0.25) is 0 Å². The Morgan fingerprint density at radius 1 is 0.403 bits per heavy atom. The van der Waals surface area contributed by atoms with Gasteiger partial charge < -0.3 is 4.42 Å². The maximum absolute atomic E-state index is 6.54. The summed E-state index contributed by atoms with van der Waals surface area (Å²) in [5.74, 6) is 0.297. The maximum Gasteiger partial charge on any atom is 0.135 e. The fourth-order valence-electron chi connectivity index (χ4n) is 13.4. The number of fused-ring (bicyclic) bond motifs is 11. The minimum Gasteiger partial charge on any atom is -0.456 e. The standard InChI is InChI=1S/C71H52O/c1-46(60(42-47-22-7-3-8-23-47)57-34-21-37-67-69(57)59-33-18-20-36-66(59)72-67)48-38-41-58-64(43-48)71(51-26-11-5-12-27-51,52-28-13-6-14-29-52)65-45-61(53-30-15-16-32-56(53)68(58)65)49-39-40-55-54-31-17-19-35-62(54)70(2,63(55)44-49)50-24-9-4-10-25-50/h3-41,43-46,60H,42H2,1-2H3. The SMILES string of the molecule is CC(c1ccc2c(c1)C(c1ccccc1)(c1ccccc1)c1cc(-c3ccc4c(c3)C(C)(c3ccccc3)c3ccccc3-4)c3ccccc3c1-2)C(Cc1ccccc1)c1cccc2oc3ccccc3c12. The first kappa shape index (κ1) is 42.4. The average Bonchev–Trinajstić information content (AvgIpc) is 4.07. The van der Waals surface area contributed by atoms with E-state index >= 15 is 0 Å². The molecule has 2 aliphatic rings. The van der Waals surface area contributed by atoms with Crippen molar-refractivity contribution in [2.75, 3.05) is 0 Å². The van der Waals surface area contributed by atoms with Crippen molar-refractivity contribution >= 4 is 32.7 Å². The Morgan fingerprint density at radius 3 is 1.72 bits per heavy atom. The molecule has 0 radical (unpaired) electrons. The summed E-state index contributed by atoms with van der Waals surface area (Å²) in [6.45, 7) is 4.87. The van der Waals surface area contributed by atoms with Crippen LogP contribution < -0.4 is 0 Å². The Morgan fingerprint density at radius 2 is 0.986 bits per heavy atom. The van der Waals surface area contributed by atoms with Gasteiger partial charge in [0.05, 0.1) is 5.41 Å². The van der Waals surface area contributed by atoms with Crippen molar-refractivity contribution in [3.63, 3.8) is 0 Å². The molecule has 0 bridgehead atoms. The Balaban J connectivity index is 1.01. The van der Waals surface area contributed by atoms with E-state index in [1.807, 2.05) is 0 Å². The fraction of sp³-hybridized carbons (Fsp3) is 0.0986. The van der Waals surface area contributed by atoms with E-state index in [0.717, 1.165) is 17.6 Å². The number of benzene rings is 11. The molecule has 11 aromatic carbocycles. The number of hydrogen-bond acceptors (Lipinski definition) is 1. The van der Waals surface area contributed by atoms with Gasteiger partial charge in [-0.2, -0.15) is 0 Å². The summed E-state index contributed by atoms with van der Waals surface area (Å²) in [5, 5.41) is 4.92. The molecule has 3 unspecified atom stereocenters. The molecule has 0 saturated heterocycles. The lowest BCUT2D eigenvalue weighted by atomic mass is 9.66. The van der Waals surface area contributed by atoms with E-state index < -0.39 is 5.41 Å². The van der Waals surface area contributed by atoms with Gasteiger partial charge >= 0.3 is 0 Å². The smallest absolute Gasteiger partial charge is 0.135 e. The van der Waals surface area contributed by atoms with E-state index in [0.29, 0.717) is 0 Å². The van der Waals surface area contributed by atoms with Gasteiger partial charge in [-0.15, -0.1) is 0 Å². The minimum absolute atomic E-state index is 0.143. The molecule has 342 valence electrons. The van der Waals surface area contributed by atoms with Crippen molar-refractivity contribution in [2.45, 2.75) is 42.9 Å². The van der Waals surface area contributed by atoms with E-state index in [1.165, 1.54) is 111 Å². The van der Waals surface area contributed by atoms with Gasteiger partial charge in [-0.1, -0.05) is 237 Å². The lowest BCUT2D eigenvalue weighted by Crippen LogP contribution is -2.29. The highest BCUT2D eigenvalue weighted by atomic mass is 16.3. The molecule has 14 rings (SSSR count). The van der Waals surface area contributed by atoms with Crippen molar-refractivity contribution in [3.8, 4) is 33.4 Å². The molecule has 0 fully saturated rings. The van der Waals surface area contributed by atoms with Gasteiger partial charge in [0, 0.05) is 16.2 Å². The molecule has 0 aliphatic heterocycles. The van der Waals surface area contributed by atoms with Gasteiger partial charge in [0.2, 0.25) is 0 Å². The molecule has 1 heteroatoms. The van der Waals surface area contributed by atoms with E-state index in [1.54, 1.807) is 0 Å².